The van der Waals surface area contributed by atoms with E-state index in [2.05, 4.69) is 49.3 Å². The molecule has 106 valence electrons. The normalized spacial score (nSPS) is 17.6. The molecule has 0 aliphatic carbocycles. The van der Waals surface area contributed by atoms with Gasteiger partial charge in [-0.25, -0.2) is 0 Å². The Morgan fingerprint density at radius 2 is 1.85 bits per heavy atom. The SMILES string of the molecule is CC(C)(C)c1cncc2cc(C3CCNCC3)ccc12. The summed E-state index contributed by atoms with van der Waals surface area (Å²) in [6.07, 6.45) is 6.53. The van der Waals surface area contributed by atoms with Gasteiger partial charge in [0.25, 0.3) is 0 Å². The average molecular weight is 268 g/mol. The zero-order valence-corrected chi connectivity index (χ0v) is 12.7. The molecule has 2 nitrogen and oxygen atoms in total. The lowest BCUT2D eigenvalue weighted by Crippen LogP contribution is -2.26. The van der Waals surface area contributed by atoms with Crippen molar-refractivity contribution in [3.05, 3.63) is 41.7 Å². The second kappa shape index (κ2) is 5.17. The van der Waals surface area contributed by atoms with Crippen LogP contribution in [0, 0.1) is 0 Å². The summed E-state index contributed by atoms with van der Waals surface area (Å²) in [5, 5.41) is 6.08. The Kier molecular flexibility index (Phi) is 3.51. The van der Waals surface area contributed by atoms with Crippen LogP contribution in [0.4, 0.5) is 0 Å². The first-order valence-corrected chi connectivity index (χ1v) is 7.64. The molecule has 2 aromatic rings. The molecule has 1 aromatic heterocycles. The summed E-state index contributed by atoms with van der Waals surface area (Å²) in [5.41, 5.74) is 2.96. The molecule has 1 aromatic carbocycles. The Bertz CT molecular complexity index is 604. The van der Waals surface area contributed by atoms with E-state index in [9.17, 15) is 0 Å². The summed E-state index contributed by atoms with van der Waals surface area (Å²) in [4.78, 5) is 4.45. The molecule has 0 radical (unpaired) electrons. The zero-order valence-electron chi connectivity index (χ0n) is 12.7. The molecule has 3 rings (SSSR count). The first-order chi connectivity index (χ1) is 9.55. The molecule has 1 aliphatic rings. The molecular weight excluding hydrogens is 244 g/mol. The quantitative estimate of drug-likeness (QED) is 0.845. The Morgan fingerprint density at radius 3 is 2.55 bits per heavy atom. The monoisotopic (exact) mass is 268 g/mol. The van der Waals surface area contributed by atoms with Gasteiger partial charge in [0.1, 0.15) is 0 Å². The van der Waals surface area contributed by atoms with E-state index < -0.39 is 0 Å². The molecule has 2 heterocycles. The van der Waals surface area contributed by atoms with Crippen molar-refractivity contribution in [2.45, 2.75) is 44.9 Å². The lowest BCUT2D eigenvalue weighted by Gasteiger charge is -2.24. The van der Waals surface area contributed by atoms with Gasteiger partial charge >= 0.3 is 0 Å². The molecular formula is C18H24N2. The maximum absolute atomic E-state index is 4.45. The summed E-state index contributed by atoms with van der Waals surface area (Å²) in [5.74, 6) is 0.707. The number of pyridine rings is 1. The Labute approximate surface area is 121 Å². The van der Waals surface area contributed by atoms with Crippen LogP contribution >= 0.6 is 0 Å². The van der Waals surface area contributed by atoms with E-state index in [1.54, 1.807) is 0 Å². The number of rotatable bonds is 1. The minimum absolute atomic E-state index is 0.142. The molecule has 20 heavy (non-hydrogen) atoms. The van der Waals surface area contributed by atoms with Crippen molar-refractivity contribution in [2.24, 2.45) is 0 Å². The second-order valence-corrected chi connectivity index (χ2v) is 6.94. The van der Waals surface area contributed by atoms with E-state index >= 15 is 0 Å². The van der Waals surface area contributed by atoms with E-state index in [4.69, 9.17) is 0 Å². The summed E-state index contributed by atoms with van der Waals surface area (Å²) < 4.78 is 0. The van der Waals surface area contributed by atoms with Crippen molar-refractivity contribution in [3.63, 3.8) is 0 Å². The number of aromatic nitrogens is 1. The fraction of sp³-hybridized carbons (Fsp3) is 0.500. The molecule has 0 amide bonds. The van der Waals surface area contributed by atoms with Crippen LogP contribution < -0.4 is 5.32 Å². The molecule has 0 atom stereocenters. The Morgan fingerprint density at radius 1 is 1.10 bits per heavy atom. The highest BCUT2D eigenvalue weighted by Crippen LogP contribution is 2.32. The predicted molar refractivity (Wildman–Crippen MR) is 85.3 cm³/mol. The van der Waals surface area contributed by atoms with Crippen LogP contribution in [0.3, 0.4) is 0 Å². The number of fused-ring (bicyclic) bond motifs is 1. The number of benzene rings is 1. The van der Waals surface area contributed by atoms with Gasteiger partial charge in [0.15, 0.2) is 0 Å². The summed E-state index contributed by atoms with van der Waals surface area (Å²) in [7, 11) is 0. The predicted octanol–water partition coefficient (Wildman–Crippen LogP) is 4.00. The highest BCUT2D eigenvalue weighted by Gasteiger charge is 2.19. The van der Waals surface area contributed by atoms with E-state index in [1.165, 1.54) is 34.7 Å². The van der Waals surface area contributed by atoms with Crippen LogP contribution in [0.1, 0.15) is 50.7 Å². The van der Waals surface area contributed by atoms with Crippen LogP contribution in [0.2, 0.25) is 0 Å². The van der Waals surface area contributed by atoms with Crippen LogP contribution in [-0.4, -0.2) is 18.1 Å². The third-order valence-corrected chi connectivity index (χ3v) is 4.40. The fourth-order valence-corrected chi connectivity index (χ4v) is 3.20. The summed E-state index contributed by atoms with van der Waals surface area (Å²) >= 11 is 0. The van der Waals surface area contributed by atoms with E-state index in [0.29, 0.717) is 5.92 Å². The number of piperidine rings is 1. The van der Waals surface area contributed by atoms with Crippen LogP contribution in [0.5, 0.6) is 0 Å². The van der Waals surface area contributed by atoms with Crippen molar-refractivity contribution in [1.29, 1.82) is 0 Å². The topological polar surface area (TPSA) is 24.9 Å². The molecule has 1 N–H and O–H groups in total. The lowest BCUT2D eigenvalue weighted by atomic mass is 9.83. The molecule has 2 heteroatoms. The van der Waals surface area contributed by atoms with Gasteiger partial charge in [0, 0.05) is 17.8 Å². The number of hydrogen-bond acceptors (Lipinski definition) is 2. The summed E-state index contributed by atoms with van der Waals surface area (Å²) in [6.45, 7) is 9.05. The van der Waals surface area contributed by atoms with Crippen LogP contribution in [0.25, 0.3) is 10.8 Å². The van der Waals surface area contributed by atoms with Crippen molar-refractivity contribution in [3.8, 4) is 0 Å². The maximum Gasteiger partial charge on any atom is 0.0346 e. The molecule has 1 aliphatic heterocycles. The summed E-state index contributed by atoms with van der Waals surface area (Å²) in [6, 6.07) is 6.98. The smallest absolute Gasteiger partial charge is 0.0346 e. The van der Waals surface area contributed by atoms with Crippen molar-refractivity contribution < 1.29 is 0 Å². The Balaban J connectivity index is 2.04. The first-order valence-electron chi connectivity index (χ1n) is 7.64. The van der Waals surface area contributed by atoms with Gasteiger partial charge < -0.3 is 5.32 Å². The minimum atomic E-state index is 0.142. The standard InChI is InChI=1S/C18H24N2/c1-18(2,3)17-12-20-11-15-10-14(4-5-16(15)17)13-6-8-19-9-7-13/h4-5,10-13,19H,6-9H2,1-3H3. The molecule has 0 saturated carbocycles. The van der Waals surface area contributed by atoms with Gasteiger partial charge in [0.05, 0.1) is 0 Å². The van der Waals surface area contributed by atoms with Gasteiger partial charge in [-0.15, -0.1) is 0 Å². The van der Waals surface area contributed by atoms with Gasteiger partial charge in [0.2, 0.25) is 0 Å². The number of nitrogens with one attached hydrogen (secondary N) is 1. The van der Waals surface area contributed by atoms with Crippen molar-refractivity contribution >= 4 is 10.8 Å². The van der Waals surface area contributed by atoms with Gasteiger partial charge in [-0.2, -0.15) is 0 Å². The van der Waals surface area contributed by atoms with E-state index in [-0.39, 0.29) is 5.41 Å². The van der Waals surface area contributed by atoms with Crippen LogP contribution in [-0.2, 0) is 5.41 Å². The molecule has 0 bridgehead atoms. The largest absolute Gasteiger partial charge is 0.317 e. The number of nitrogens with zero attached hydrogens (tertiary/aromatic N) is 1. The van der Waals surface area contributed by atoms with Gasteiger partial charge in [-0.3, -0.25) is 4.98 Å². The first kappa shape index (κ1) is 13.6. The third kappa shape index (κ3) is 2.57. The highest BCUT2D eigenvalue weighted by atomic mass is 14.9. The minimum Gasteiger partial charge on any atom is -0.317 e. The molecule has 0 unspecified atom stereocenters. The van der Waals surface area contributed by atoms with Crippen molar-refractivity contribution in [1.82, 2.24) is 10.3 Å². The molecule has 1 saturated heterocycles. The van der Waals surface area contributed by atoms with Crippen LogP contribution in [0.15, 0.2) is 30.6 Å². The van der Waals surface area contributed by atoms with E-state index in [1.807, 2.05) is 12.4 Å². The second-order valence-electron chi connectivity index (χ2n) is 6.94. The Hall–Kier alpha value is -1.41. The maximum atomic E-state index is 4.45. The fourth-order valence-electron chi connectivity index (χ4n) is 3.20. The van der Waals surface area contributed by atoms with E-state index in [0.717, 1.165) is 13.1 Å². The zero-order chi connectivity index (χ0) is 14.2. The average Bonchev–Trinajstić information content (AvgIpc) is 2.46. The van der Waals surface area contributed by atoms with Gasteiger partial charge in [-0.05, 0) is 59.8 Å². The molecule has 1 fully saturated rings. The van der Waals surface area contributed by atoms with Gasteiger partial charge in [-0.1, -0.05) is 32.9 Å². The highest BCUT2D eigenvalue weighted by molar-refractivity contribution is 5.86. The molecule has 0 spiro atoms. The number of hydrogen-bond donors (Lipinski definition) is 1. The van der Waals surface area contributed by atoms with Crippen molar-refractivity contribution in [2.75, 3.05) is 13.1 Å². The third-order valence-electron chi connectivity index (χ3n) is 4.40. The lowest BCUT2D eigenvalue weighted by molar-refractivity contribution is 0.460.